The zero-order valence-corrected chi connectivity index (χ0v) is 13.6. The fourth-order valence-corrected chi connectivity index (χ4v) is 2.67. The lowest BCUT2D eigenvalue weighted by atomic mass is 10.2. The van der Waals surface area contributed by atoms with Crippen LogP contribution >= 0.6 is 11.6 Å². The summed E-state index contributed by atoms with van der Waals surface area (Å²) in [6, 6.07) is 7.74. The van der Waals surface area contributed by atoms with Crippen molar-refractivity contribution in [2.45, 2.75) is 19.8 Å². The Morgan fingerprint density at radius 3 is 2.59 bits per heavy atom. The summed E-state index contributed by atoms with van der Waals surface area (Å²) in [6.07, 6.45) is 1.26. The second kappa shape index (κ2) is 8.03. The lowest BCUT2D eigenvalue weighted by Gasteiger charge is -2.36. The van der Waals surface area contributed by atoms with Gasteiger partial charge in [-0.1, -0.05) is 24.6 Å². The third-order valence-electron chi connectivity index (χ3n) is 3.72. The second-order valence-corrected chi connectivity index (χ2v) is 5.81. The Balaban J connectivity index is 1.79. The van der Waals surface area contributed by atoms with Crippen LogP contribution in [0.15, 0.2) is 24.3 Å². The molecule has 1 saturated heterocycles. The van der Waals surface area contributed by atoms with Crippen molar-refractivity contribution in [3.8, 4) is 0 Å². The molecule has 0 bridgehead atoms. The highest BCUT2D eigenvalue weighted by Crippen LogP contribution is 2.20. The van der Waals surface area contributed by atoms with Gasteiger partial charge >= 0.3 is 0 Å². The number of hydrogen-bond acceptors (Lipinski definition) is 3. The standard InChI is InChI=1S/C16H22ClN3O2/c1-2-4-15(21)18-12-16(22)20-9-7-19(8-10-20)14-6-3-5-13(17)11-14/h3,5-6,11H,2,4,7-10,12H2,1H3,(H,18,21). The van der Waals surface area contributed by atoms with E-state index >= 15 is 0 Å². The van der Waals surface area contributed by atoms with Crippen molar-refractivity contribution in [1.82, 2.24) is 10.2 Å². The SMILES string of the molecule is CCCC(=O)NCC(=O)N1CCN(c2cccc(Cl)c2)CC1. The smallest absolute Gasteiger partial charge is 0.242 e. The lowest BCUT2D eigenvalue weighted by molar-refractivity contribution is -0.133. The molecule has 1 aliphatic heterocycles. The van der Waals surface area contributed by atoms with Gasteiger partial charge in [0, 0.05) is 43.3 Å². The second-order valence-electron chi connectivity index (χ2n) is 5.37. The van der Waals surface area contributed by atoms with Gasteiger partial charge in [-0.3, -0.25) is 9.59 Å². The maximum atomic E-state index is 12.1. The predicted molar refractivity (Wildman–Crippen MR) is 88.2 cm³/mol. The van der Waals surface area contributed by atoms with Gasteiger partial charge < -0.3 is 15.1 Å². The molecule has 0 spiro atoms. The molecule has 1 heterocycles. The van der Waals surface area contributed by atoms with Crippen LogP contribution in [-0.2, 0) is 9.59 Å². The minimum atomic E-state index is -0.0617. The number of hydrogen-bond donors (Lipinski definition) is 1. The van der Waals surface area contributed by atoms with Crippen LogP contribution in [0.25, 0.3) is 0 Å². The zero-order chi connectivity index (χ0) is 15.9. The first-order valence-corrected chi connectivity index (χ1v) is 8.03. The number of rotatable bonds is 5. The lowest BCUT2D eigenvalue weighted by Crippen LogP contribution is -2.51. The number of benzene rings is 1. The first kappa shape index (κ1) is 16.6. The topological polar surface area (TPSA) is 52.7 Å². The van der Waals surface area contributed by atoms with Gasteiger partial charge in [-0.2, -0.15) is 0 Å². The van der Waals surface area contributed by atoms with Gasteiger partial charge in [0.05, 0.1) is 6.54 Å². The van der Waals surface area contributed by atoms with Crippen molar-refractivity contribution in [2.24, 2.45) is 0 Å². The maximum Gasteiger partial charge on any atom is 0.242 e. The van der Waals surface area contributed by atoms with Crippen LogP contribution in [0.1, 0.15) is 19.8 Å². The van der Waals surface area contributed by atoms with Crippen molar-refractivity contribution in [3.05, 3.63) is 29.3 Å². The minimum absolute atomic E-state index is 0.0183. The number of piperazine rings is 1. The van der Waals surface area contributed by atoms with Crippen molar-refractivity contribution in [2.75, 3.05) is 37.6 Å². The Morgan fingerprint density at radius 2 is 1.95 bits per heavy atom. The molecule has 0 saturated carbocycles. The Morgan fingerprint density at radius 1 is 1.23 bits per heavy atom. The molecule has 1 aromatic carbocycles. The van der Waals surface area contributed by atoms with E-state index in [1.54, 1.807) is 4.90 Å². The van der Waals surface area contributed by atoms with Gasteiger partial charge in [0.1, 0.15) is 0 Å². The Hall–Kier alpha value is -1.75. The summed E-state index contributed by atoms with van der Waals surface area (Å²) in [5.41, 5.74) is 1.08. The van der Waals surface area contributed by atoms with E-state index in [2.05, 4.69) is 10.2 Å². The molecule has 0 unspecified atom stereocenters. The highest BCUT2D eigenvalue weighted by Gasteiger charge is 2.21. The van der Waals surface area contributed by atoms with Gasteiger partial charge in [-0.05, 0) is 24.6 Å². The van der Waals surface area contributed by atoms with Crippen LogP contribution in [0, 0.1) is 0 Å². The highest BCUT2D eigenvalue weighted by atomic mass is 35.5. The van der Waals surface area contributed by atoms with Gasteiger partial charge in [0.2, 0.25) is 11.8 Å². The fourth-order valence-electron chi connectivity index (χ4n) is 2.49. The molecule has 1 fully saturated rings. The van der Waals surface area contributed by atoms with E-state index in [1.807, 2.05) is 31.2 Å². The fraction of sp³-hybridized carbons (Fsp3) is 0.500. The summed E-state index contributed by atoms with van der Waals surface area (Å²) in [4.78, 5) is 27.5. The third kappa shape index (κ3) is 4.63. The van der Waals surface area contributed by atoms with Crippen LogP contribution in [0.5, 0.6) is 0 Å². The number of nitrogens with one attached hydrogen (secondary N) is 1. The van der Waals surface area contributed by atoms with E-state index in [1.165, 1.54) is 0 Å². The van der Waals surface area contributed by atoms with Crippen molar-refractivity contribution in [1.29, 1.82) is 0 Å². The molecule has 1 aromatic rings. The summed E-state index contributed by atoms with van der Waals surface area (Å²) in [7, 11) is 0. The van der Waals surface area contributed by atoms with Crippen LogP contribution < -0.4 is 10.2 Å². The molecule has 0 radical (unpaired) electrons. The number of carbonyl (C=O) groups excluding carboxylic acids is 2. The molecule has 2 rings (SSSR count). The minimum Gasteiger partial charge on any atom is -0.368 e. The summed E-state index contributed by atoms with van der Waals surface area (Å²) < 4.78 is 0. The van der Waals surface area contributed by atoms with Gasteiger partial charge in [0.25, 0.3) is 0 Å². The van der Waals surface area contributed by atoms with Crippen LogP contribution in [0.4, 0.5) is 5.69 Å². The monoisotopic (exact) mass is 323 g/mol. The largest absolute Gasteiger partial charge is 0.368 e. The van der Waals surface area contributed by atoms with Gasteiger partial charge in [-0.25, -0.2) is 0 Å². The highest BCUT2D eigenvalue weighted by molar-refractivity contribution is 6.30. The predicted octanol–water partition coefficient (Wildman–Crippen LogP) is 1.90. The zero-order valence-electron chi connectivity index (χ0n) is 12.8. The molecule has 120 valence electrons. The summed E-state index contributed by atoms with van der Waals surface area (Å²) in [6.45, 7) is 4.90. The van der Waals surface area contributed by atoms with Crippen molar-refractivity contribution in [3.63, 3.8) is 0 Å². The van der Waals surface area contributed by atoms with Gasteiger partial charge in [-0.15, -0.1) is 0 Å². The number of nitrogens with zero attached hydrogens (tertiary/aromatic N) is 2. The molecule has 5 nitrogen and oxygen atoms in total. The maximum absolute atomic E-state index is 12.1. The Kier molecular flexibility index (Phi) is 6.07. The molecule has 0 atom stereocenters. The van der Waals surface area contributed by atoms with Crippen molar-refractivity contribution >= 4 is 29.1 Å². The molecular weight excluding hydrogens is 302 g/mol. The molecule has 6 heteroatoms. The normalized spacial score (nSPS) is 14.8. The van der Waals surface area contributed by atoms with Crippen LogP contribution in [0.3, 0.4) is 0 Å². The number of amides is 2. The average molecular weight is 324 g/mol. The molecule has 0 aromatic heterocycles. The van der Waals surface area contributed by atoms with Gasteiger partial charge in [0.15, 0.2) is 0 Å². The number of carbonyl (C=O) groups is 2. The van der Waals surface area contributed by atoms with E-state index < -0.39 is 0 Å². The van der Waals surface area contributed by atoms with Crippen LogP contribution in [0.2, 0.25) is 5.02 Å². The van der Waals surface area contributed by atoms with Crippen molar-refractivity contribution < 1.29 is 9.59 Å². The summed E-state index contributed by atoms with van der Waals surface area (Å²) in [5.74, 6) is -0.0800. The quantitative estimate of drug-likeness (QED) is 0.900. The molecule has 0 aliphatic carbocycles. The van der Waals surface area contributed by atoms with E-state index in [4.69, 9.17) is 11.6 Å². The molecule has 2 amide bonds. The van der Waals surface area contributed by atoms with Crippen LogP contribution in [-0.4, -0.2) is 49.4 Å². The molecular formula is C16H22ClN3O2. The first-order valence-electron chi connectivity index (χ1n) is 7.65. The summed E-state index contributed by atoms with van der Waals surface area (Å²) >= 11 is 6.01. The third-order valence-corrected chi connectivity index (χ3v) is 3.95. The average Bonchev–Trinajstić information content (AvgIpc) is 2.53. The number of anilines is 1. The van der Waals surface area contributed by atoms with E-state index in [-0.39, 0.29) is 18.4 Å². The van der Waals surface area contributed by atoms with E-state index in [0.717, 1.165) is 30.2 Å². The molecule has 22 heavy (non-hydrogen) atoms. The molecule has 1 aliphatic rings. The number of halogens is 1. The summed E-state index contributed by atoms with van der Waals surface area (Å²) in [5, 5.41) is 3.39. The molecule has 1 N–H and O–H groups in total. The van der Waals surface area contributed by atoms with E-state index in [9.17, 15) is 9.59 Å². The Bertz CT molecular complexity index is 528. The Labute approximate surface area is 136 Å². The first-order chi connectivity index (χ1) is 10.6. The van der Waals surface area contributed by atoms with E-state index in [0.29, 0.717) is 19.5 Å².